The van der Waals surface area contributed by atoms with E-state index in [1.54, 1.807) is 0 Å². The van der Waals surface area contributed by atoms with E-state index in [9.17, 15) is 4.79 Å². The molecule has 0 aromatic carbocycles. The van der Waals surface area contributed by atoms with Crippen LogP contribution in [-0.2, 0) is 9.53 Å². The molecule has 0 atom stereocenters. The zero-order chi connectivity index (χ0) is 13.7. The van der Waals surface area contributed by atoms with Crippen molar-refractivity contribution in [2.45, 2.75) is 12.8 Å². The number of nitrogens with zero attached hydrogens (tertiary/aromatic N) is 3. The molecule has 4 N–H and O–H groups in total. The van der Waals surface area contributed by atoms with E-state index in [-0.39, 0.29) is 11.7 Å². The molecular weight excluding hydrogens is 250 g/mol. The Labute approximate surface area is 109 Å². The van der Waals surface area contributed by atoms with E-state index in [2.05, 4.69) is 20.4 Å². The van der Waals surface area contributed by atoms with E-state index >= 15 is 0 Å². The van der Waals surface area contributed by atoms with Gasteiger partial charge in [-0.2, -0.15) is 0 Å². The molecule has 0 aliphatic carbocycles. The zero-order valence-corrected chi connectivity index (χ0v) is 10.2. The molecule has 0 spiro atoms. The first-order chi connectivity index (χ1) is 9.19. The van der Waals surface area contributed by atoms with Gasteiger partial charge >= 0.3 is 0 Å². The van der Waals surface area contributed by atoms with Crippen LogP contribution in [0, 0.1) is 5.41 Å². The van der Waals surface area contributed by atoms with Gasteiger partial charge in [0.25, 0.3) is 0 Å². The molecule has 0 unspecified atom stereocenters. The van der Waals surface area contributed by atoms with Crippen LogP contribution >= 0.6 is 0 Å². The summed E-state index contributed by atoms with van der Waals surface area (Å²) in [7, 11) is 0. The molecule has 102 valence electrons. The van der Waals surface area contributed by atoms with Crippen LogP contribution < -0.4 is 11.1 Å². The number of nitrogens with one attached hydrogen (secondary N) is 1. The van der Waals surface area contributed by atoms with Crippen LogP contribution in [0.25, 0.3) is 0 Å². The molecule has 19 heavy (non-hydrogen) atoms. The highest BCUT2D eigenvalue weighted by Gasteiger charge is 2.44. The molecule has 1 saturated heterocycles. The van der Waals surface area contributed by atoms with Gasteiger partial charge in [0.1, 0.15) is 11.7 Å². The number of rotatable bonds is 3. The SMILES string of the molecule is NC(=NO)C1(C(=O)Nc2cncnc2)CCOCC1. The maximum Gasteiger partial charge on any atom is 0.238 e. The molecular formula is C11H15N5O3. The number of hydrogen-bond donors (Lipinski definition) is 3. The topological polar surface area (TPSA) is 123 Å². The van der Waals surface area contributed by atoms with Crippen molar-refractivity contribution in [3.63, 3.8) is 0 Å². The normalized spacial score (nSPS) is 18.8. The molecule has 1 amide bonds. The van der Waals surface area contributed by atoms with E-state index < -0.39 is 5.41 Å². The molecule has 0 saturated carbocycles. The van der Waals surface area contributed by atoms with Crippen molar-refractivity contribution in [1.82, 2.24) is 9.97 Å². The van der Waals surface area contributed by atoms with Gasteiger partial charge in [-0.15, -0.1) is 0 Å². The molecule has 0 bridgehead atoms. The molecule has 1 aromatic rings. The molecule has 1 aliphatic rings. The molecule has 2 heterocycles. The first kappa shape index (κ1) is 13.2. The highest BCUT2D eigenvalue weighted by Crippen LogP contribution is 2.32. The van der Waals surface area contributed by atoms with Crippen molar-refractivity contribution >= 4 is 17.4 Å². The third-order valence-electron chi connectivity index (χ3n) is 3.20. The summed E-state index contributed by atoms with van der Waals surface area (Å²) in [5.41, 5.74) is 5.10. The van der Waals surface area contributed by atoms with Crippen LogP contribution in [0.1, 0.15) is 12.8 Å². The van der Waals surface area contributed by atoms with E-state index in [0.29, 0.717) is 31.7 Å². The predicted molar refractivity (Wildman–Crippen MR) is 66.6 cm³/mol. The monoisotopic (exact) mass is 265 g/mol. The van der Waals surface area contributed by atoms with Gasteiger partial charge in [0.05, 0.1) is 18.1 Å². The number of anilines is 1. The number of hydrogen-bond acceptors (Lipinski definition) is 6. The summed E-state index contributed by atoms with van der Waals surface area (Å²) in [6, 6.07) is 0. The lowest BCUT2D eigenvalue weighted by molar-refractivity contribution is -0.126. The van der Waals surface area contributed by atoms with E-state index in [1.165, 1.54) is 18.7 Å². The quantitative estimate of drug-likeness (QED) is 0.305. The Balaban J connectivity index is 2.21. The second-order valence-corrected chi connectivity index (χ2v) is 4.26. The largest absolute Gasteiger partial charge is 0.409 e. The fraction of sp³-hybridized carbons (Fsp3) is 0.455. The first-order valence-corrected chi connectivity index (χ1v) is 5.81. The average molecular weight is 265 g/mol. The van der Waals surface area contributed by atoms with Gasteiger partial charge in [-0.1, -0.05) is 5.16 Å². The van der Waals surface area contributed by atoms with Crippen molar-refractivity contribution in [1.29, 1.82) is 0 Å². The third kappa shape index (κ3) is 2.63. The van der Waals surface area contributed by atoms with Gasteiger partial charge in [0.2, 0.25) is 5.91 Å². The summed E-state index contributed by atoms with van der Waals surface area (Å²) in [5.74, 6) is -0.453. The second kappa shape index (κ2) is 5.61. The van der Waals surface area contributed by atoms with Crippen molar-refractivity contribution in [2.75, 3.05) is 18.5 Å². The van der Waals surface area contributed by atoms with Crippen molar-refractivity contribution in [2.24, 2.45) is 16.3 Å². The Morgan fingerprint density at radius 2 is 2.05 bits per heavy atom. The van der Waals surface area contributed by atoms with Crippen molar-refractivity contribution in [3.05, 3.63) is 18.7 Å². The Hall–Kier alpha value is -2.22. The number of nitrogens with two attached hydrogens (primary N) is 1. The van der Waals surface area contributed by atoms with E-state index in [1.807, 2.05) is 0 Å². The molecule has 2 rings (SSSR count). The molecule has 8 nitrogen and oxygen atoms in total. The lowest BCUT2D eigenvalue weighted by Crippen LogP contribution is -2.50. The minimum Gasteiger partial charge on any atom is -0.409 e. The van der Waals surface area contributed by atoms with Crippen LogP contribution in [0.15, 0.2) is 23.9 Å². The smallest absolute Gasteiger partial charge is 0.238 e. The number of oxime groups is 1. The highest BCUT2D eigenvalue weighted by molar-refractivity contribution is 6.11. The van der Waals surface area contributed by atoms with Crippen LogP contribution in [-0.4, -0.2) is 40.1 Å². The summed E-state index contributed by atoms with van der Waals surface area (Å²) in [6.45, 7) is 0.768. The number of ether oxygens (including phenoxy) is 1. The van der Waals surface area contributed by atoms with Gasteiger partial charge in [-0.25, -0.2) is 9.97 Å². The minimum absolute atomic E-state index is 0.106. The lowest BCUT2D eigenvalue weighted by Gasteiger charge is -2.34. The number of carbonyl (C=O) groups is 1. The molecule has 1 aliphatic heterocycles. The number of amides is 1. The predicted octanol–water partition coefficient (Wildman–Crippen LogP) is -0.0417. The van der Waals surface area contributed by atoms with Gasteiger partial charge in [-0.05, 0) is 12.8 Å². The average Bonchev–Trinajstić information content (AvgIpc) is 2.48. The third-order valence-corrected chi connectivity index (χ3v) is 3.20. The summed E-state index contributed by atoms with van der Waals surface area (Å²) in [4.78, 5) is 20.0. The van der Waals surface area contributed by atoms with Crippen molar-refractivity contribution in [3.8, 4) is 0 Å². The van der Waals surface area contributed by atoms with Gasteiger partial charge in [0, 0.05) is 13.2 Å². The fourth-order valence-corrected chi connectivity index (χ4v) is 2.03. The maximum atomic E-state index is 12.4. The molecule has 1 fully saturated rings. The van der Waals surface area contributed by atoms with E-state index in [0.717, 1.165) is 0 Å². The van der Waals surface area contributed by atoms with Crippen LogP contribution in [0.5, 0.6) is 0 Å². The number of carbonyl (C=O) groups excluding carboxylic acids is 1. The minimum atomic E-state index is -1.05. The highest BCUT2D eigenvalue weighted by atomic mass is 16.5. The second-order valence-electron chi connectivity index (χ2n) is 4.26. The molecule has 1 aromatic heterocycles. The Morgan fingerprint density at radius 3 is 2.63 bits per heavy atom. The summed E-state index contributed by atoms with van der Waals surface area (Å²) < 4.78 is 5.22. The number of aromatic nitrogens is 2. The van der Waals surface area contributed by atoms with E-state index in [4.69, 9.17) is 15.7 Å². The van der Waals surface area contributed by atoms with Crippen LogP contribution in [0.3, 0.4) is 0 Å². The van der Waals surface area contributed by atoms with Gasteiger partial charge < -0.3 is 21.0 Å². The van der Waals surface area contributed by atoms with Crippen LogP contribution in [0.2, 0.25) is 0 Å². The van der Waals surface area contributed by atoms with Gasteiger partial charge in [-0.3, -0.25) is 4.79 Å². The lowest BCUT2D eigenvalue weighted by atomic mass is 9.78. The maximum absolute atomic E-state index is 12.4. The van der Waals surface area contributed by atoms with Gasteiger partial charge in [0.15, 0.2) is 5.84 Å². The standard InChI is InChI=1S/C11H15N5O3/c12-9(16-18)11(1-3-19-4-2-11)10(17)15-8-5-13-7-14-6-8/h5-7,18H,1-4H2,(H2,12,16)(H,15,17). The molecule has 0 radical (unpaired) electrons. The first-order valence-electron chi connectivity index (χ1n) is 5.81. The summed E-state index contributed by atoms with van der Waals surface area (Å²) in [5, 5.41) is 14.6. The van der Waals surface area contributed by atoms with Crippen molar-refractivity contribution < 1.29 is 14.7 Å². The Kier molecular flexibility index (Phi) is 3.91. The Bertz CT molecular complexity index is 470. The fourth-order valence-electron chi connectivity index (χ4n) is 2.03. The zero-order valence-electron chi connectivity index (χ0n) is 10.2. The Morgan fingerprint density at radius 1 is 1.42 bits per heavy atom. The number of amidine groups is 1. The van der Waals surface area contributed by atoms with Crippen LogP contribution in [0.4, 0.5) is 5.69 Å². The summed E-state index contributed by atoms with van der Waals surface area (Å²) >= 11 is 0. The summed E-state index contributed by atoms with van der Waals surface area (Å²) in [6.07, 6.45) is 5.04. The molecule has 8 heteroatoms.